The molecular weight excluding hydrogens is 310 g/mol. The van der Waals surface area contributed by atoms with Gasteiger partial charge in [-0.05, 0) is 41.9 Å². The fourth-order valence-corrected chi connectivity index (χ4v) is 2.85. The van der Waals surface area contributed by atoms with Crippen molar-refractivity contribution in [1.29, 1.82) is 0 Å². The summed E-state index contributed by atoms with van der Waals surface area (Å²) in [4.78, 5) is 23.0. The van der Waals surface area contributed by atoms with Crippen LogP contribution in [0, 0.1) is 4.91 Å². The number of ether oxygens (including phenoxy) is 3. The molecule has 1 aliphatic heterocycles. The second-order valence-electron chi connectivity index (χ2n) is 5.33. The number of esters is 1. The van der Waals surface area contributed by atoms with Crippen molar-refractivity contribution >= 4 is 11.7 Å². The van der Waals surface area contributed by atoms with Gasteiger partial charge >= 0.3 is 5.97 Å². The third-order valence-electron chi connectivity index (χ3n) is 3.96. The third-order valence-corrected chi connectivity index (χ3v) is 3.96. The zero-order chi connectivity index (χ0) is 17.1. The first-order valence-electron chi connectivity index (χ1n) is 7.64. The molecule has 0 spiro atoms. The van der Waals surface area contributed by atoms with Crippen LogP contribution >= 0.6 is 0 Å². The summed E-state index contributed by atoms with van der Waals surface area (Å²) in [6.45, 7) is 2.53. The summed E-state index contributed by atoms with van der Waals surface area (Å²) in [5.74, 6) is 0.776. The van der Waals surface area contributed by atoms with Gasteiger partial charge in [-0.1, -0.05) is 12.1 Å². The molecule has 0 N–H and O–H groups in total. The topological polar surface area (TPSA) is 74.2 Å². The van der Waals surface area contributed by atoms with E-state index >= 15 is 0 Å². The van der Waals surface area contributed by atoms with Gasteiger partial charge in [-0.2, -0.15) is 0 Å². The first-order chi connectivity index (χ1) is 11.7. The maximum atomic E-state index is 12.0. The lowest BCUT2D eigenvalue weighted by molar-refractivity contribution is 0.0600. The maximum absolute atomic E-state index is 12.0. The van der Waals surface area contributed by atoms with Crippen molar-refractivity contribution < 1.29 is 19.0 Å². The van der Waals surface area contributed by atoms with E-state index in [0.717, 1.165) is 11.3 Å². The summed E-state index contributed by atoms with van der Waals surface area (Å²) in [7, 11) is 1.27. The van der Waals surface area contributed by atoms with E-state index < -0.39 is 5.97 Å². The summed E-state index contributed by atoms with van der Waals surface area (Å²) in [6, 6.07) is 10.7. The second-order valence-corrected chi connectivity index (χ2v) is 5.33. The largest absolute Gasteiger partial charge is 0.494 e. The van der Waals surface area contributed by atoms with Crippen LogP contribution in [0.3, 0.4) is 0 Å². The Morgan fingerprint density at radius 2 is 2.00 bits per heavy atom. The van der Waals surface area contributed by atoms with Gasteiger partial charge in [0.15, 0.2) is 0 Å². The van der Waals surface area contributed by atoms with Crippen LogP contribution in [0.4, 0.5) is 5.69 Å². The molecule has 1 unspecified atom stereocenters. The Morgan fingerprint density at radius 1 is 1.25 bits per heavy atom. The Balaban J connectivity index is 1.91. The number of methoxy groups -OCH3 is 1. The van der Waals surface area contributed by atoms with E-state index in [2.05, 4.69) is 5.18 Å². The van der Waals surface area contributed by atoms with Crippen LogP contribution in [-0.4, -0.2) is 19.7 Å². The maximum Gasteiger partial charge on any atom is 0.340 e. The van der Waals surface area contributed by atoms with Crippen LogP contribution in [-0.2, 0) is 11.2 Å². The zero-order valence-electron chi connectivity index (χ0n) is 13.4. The average molecular weight is 327 g/mol. The summed E-state index contributed by atoms with van der Waals surface area (Å²) in [5.41, 5.74) is 1.86. The van der Waals surface area contributed by atoms with E-state index in [1.54, 1.807) is 6.07 Å². The number of benzene rings is 2. The molecule has 0 amide bonds. The molecule has 1 heterocycles. The van der Waals surface area contributed by atoms with Crippen LogP contribution in [0.25, 0.3) is 0 Å². The minimum atomic E-state index is -0.586. The molecule has 1 aliphatic rings. The standard InChI is InChI=1S/C18H17NO5/c1-3-23-12-6-4-11(5-7-12)16-10-13-15(24-16)9-8-14(19-21)17(13)18(20)22-2/h4-9,16H,3,10H2,1-2H3. The first kappa shape index (κ1) is 16.0. The molecule has 0 bridgehead atoms. The van der Waals surface area contributed by atoms with Crippen LogP contribution in [0.2, 0.25) is 0 Å². The number of rotatable bonds is 5. The van der Waals surface area contributed by atoms with Gasteiger partial charge < -0.3 is 14.2 Å². The van der Waals surface area contributed by atoms with Gasteiger partial charge in [-0.15, -0.1) is 4.91 Å². The van der Waals surface area contributed by atoms with E-state index in [1.165, 1.54) is 13.2 Å². The number of carbonyl (C=O) groups is 1. The molecule has 124 valence electrons. The van der Waals surface area contributed by atoms with Crippen molar-refractivity contribution in [3.63, 3.8) is 0 Å². The lowest BCUT2D eigenvalue weighted by Gasteiger charge is -2.11. The Morgan fingerprint density at radius 3 is 2.62 bits per heavy atom. The van der Waals surface area contributed by atoms with Crippen LogP contribution in [0.5, 0.6) is 11.5 Å². The van der Waals surface area contributed by atoms with Crippen LogP contribution in [0.15, 0.2) is 41.6 Å². The van der Waals surface area contributed by atoms with E-state index in [1.807, 2.05) is 31.2 Å². The fourth-order valence-electron chi connectivity index (χ4n) is 2.85. The Bertz CT molecular complexity index is 770. The quantitative estimate of drug-likeness (QED) is 0.614. The molecule has 0 radical (unpaired) electrons. The smallest absolute Gasteiger partial charge is 0.340 e. The van der Waals surface area contributed by atoms with E-state index in [9.17, 15) is 9.70 Å². The predicted molar refractivity (Wildman–Crippen MR) is 87.9 cm³/mol. The van der Waals surface area contributed by atoms with Crippen molar-refractivity contribution in [2.75, 3.05) is 13.7 Å². The molecule has 2 aromatic rings. The molecule has 6 heteroatoms. The number of nitrogens with zero attached hydrogens (tertiary/aromatic N) is 1. The van der Waals surface area contributed by atoms with Crippen LogP contribution < -0.4 is 9.47 Å². The molecule has 0 aliphatic carbocycles. The highest BCUT2D eigenvalue weighted by molar-refractivity contribution is 5.97. The van der Waals surface area contributed by atoms with Crippen molar-refractivity contribution in [2.45, 2.75) is 19.4 Å². The highest BCUT2D eigenvalue weighted by atomic mass is 16.5. The molecule has 24 heavy (non-hydrogen) atoms. The summed E-state index contributed by atoms with van der Waals surface area (Å²) >= 11 is 0. The van der Waals surface area contributed by atoms with Crippen molar-refractivity contribution in [3.05, 3.63) is 58.0 Å². The van der Waals surface area contributed by atoms with Gasteiger partial charge in [0, 0.05) is 12.0 Å². The van der Waals surface area contributed by atoms with Gasteiger partial charge in [0.2, 0.25) is 0 Å². The molecule has 6 nitrogen and oxygen atoms in total. The first-order valence-corrected chi connectivity index (χ1v) is 7.64. The zero-order valence-corrected chi connectivity index (χ0v) is 13.4. The highest BCUT2D eigenvalue weighted by Gasteiger charge is 2.31. The summed E-state index contributed by atoms with van der Waals surface area (Å²) in [5, 5.41) is 2.92. The van der Waals surface area contributed by atoms with Crippen molar-refractivity contribution in [2.24, 2.45) is 5.18 Å². The number of nitroso groups, excluding NO2 is 1. The van der Waals surface area contributed by atoms with Crippen LogP contribution in [0.1, 0.15) is 34.5 Å². The Hall–Kier alpha value is -2.89. The molecular formula is C18H17NO5. The molecule has 0 aromatic heterocycles. The number of hydrogen-bond donors (Lipinski definition) is 0. The van der Waals surface area contributed by atoms with Crippen molar-refractivity contribution in [1.82, 2.24) is 0 Å². The number of hydrogen-bond acceptors (Lipinski definition) is 6. The molecule has 0 fully saturated rings. The Kier molecular flexibility index (Phi) is 4.46. The molecule has 0 saturated carbocycles. The highest BCUT2D eigenvalue weighted by Crippen LogP contribution is 2.42. The molecule has 0 saturated heterocycles. The Labute approximate surface area is 139 Å². The van der Waals surface area contributed by atoms with Crippen molar-refractivity contribution in [3.8, 4) is 11.5 Å². The number of carbonyl (C=O) groups excluding carboxylic acids is 1. The normalized spacial score (nSPS) is 15.3. The van der Waals surface area contributed by atoms with Gasteiger partial charge in [0.05, 0.1) is 19.3 Å². The summed E-state index contributed by atoms with van der Waals surface area (Å²) in [6.07, 6.45) is 0.234. The fraction of sp³-hybridized carbons (Fsp3) is 0.278. The lowest BCUT2D eigenvalue weighted by Crippen LogP contribution is -2.06. The molecule has 1 atom stereocenters. The summed E-state index contributed by atoms with van der Waals surface area (Å²) < 4.78 is 16.1. The van der Waals surface area contributed by atoms with E-state index in [-0.39, 0.29) is 17.4 Å². The average Bonchev–Trinajstić information content (AvgIpc) is 3.05. The molecule has 2 aromatic carbocycles. The van der Waals surface area contributed by atoms with Gasteiger partial charge in [0.1, 0.15) is 23.3 Å². The van der Waals surface area contributed by atoms with E-state index in [4.69, 9.17) is 14.2 Å². The van der Waals surface area contributed by atoms with Gasteiger partial charge in [-0.25, -0.2) is 4.79 Å². The third kappa shape index (κ3) is 2.82. The minimum Gasteiger partial charge on any atom is -0.494 e. The molecule has 3 rings (SSSR count). The second kappa shape index (κ2) is 6.70. The number of fused-ring (bicyclic) bond motifs is 1. The lowest BCUT2D eigenvalue weighted by atomic mass is 9.98. The van der Waals surface area contributed by atoms with Gasteiger partial charge in [0.25, 0.3) is 0 Å². The minimum absolute atomic E-state index is 0.0662. The monoisotopic (exact) mass is 327 g/mol. The van der Waals surface area contributed by atoms with Gasteiger partial charge in [-0.3, -0.25) is 0 Å². The van der Waals surface area contributed by atoms with E-state index in [0.29, 0.717) is 24.3 Å². The predicted octanol–water partition coefficient (Wildman–Crippen LogP) is 3.95. The SMILES string of the molecule is CCOc1ccc(C2Cc3c(ccc(N=O)c3C(=O)OC)O2)cc1.